The van der Waals surface area contributed by atoms with Gasteiger partial charge in [0.05, 0.1) is 33.8 Å². The summed E-state index contributed by atoms with van der Waals surface area (Å²) in [6.45, 7) is 0. The molecule has 4 heteroatoms. The Balaban J connectivity index is 0.892. The molecule has 0 bridgehead atoms. The van der Waals surface area contributed by atoms with Gasteiger partial charge in [-0.2, -0.15) is 0 Å². The number of anilines is 6. The minimum absolute atomic E-state index is 0.804. The van der Waals surface area contributed by atoms with Gasteiger partial charge in [-0.15, -0.1) is 0 Å². The second-order valence-electron chi connectivity index (χ2n) is 20.9. The molecule has 84 heavy (non-hydrogen) atoms. The molecule has 0 radical (unpaired) electrons. The number of hydrogen-bond donors (Lipinski definition) is 0. The molecule has 0 fully saturated rings. The molecule has 1 aromatic heterocycles. The summed E-state index contributed by atoms with van der Waals surface area (Å²) >= 11 is 0. The minimum Gasteiger partial charge on any atom is -0.310 e. The third-order valence-corrected chi connectivity index (χ3v) is 15.7. The van der Waals surface area contributed by atoms with Gasteiger partial charge >= 0.3 is 0 Å². The molecule has 0 atom stereocenters. The molecule has 4 nitrogen and oxygen atoms in total. The maximum Gasteiger partial charge on any atom is 0.0973 e. The van der Waals surface area contributed by atoms with Gasteiger partial charge in [-0.25, -0.2) is 9.97 Å². The summed E-state index contributed by atoms with van der Waals surface area (Å²) in [5, 5.41) is 0. The van der Waals surface area contributed by atoms with E-state index in [0.29, 0.717) is 0 Å². The second-order valence-corrected chi connectivity index (χ2v) is 20.9. The van der Waals surface area contributed by atoms with E-state index in [0.717, 1.165) is 123 Å². The van der Waals surface area contributed by atoms with Crippen LogP contribution in [0.1, 0.15) is 0 Å². The summed E-state index contributed by atoms with van der Waals surface area (Å²) in [6, 6.07) is 121. The Labute approximate surface area is 491 Å². The van der Waals surface area contributed by atoms with Crippen molar-refractivity contribution in [3.63, 3.8) is 0 Å². The Kier molecular flexibility index (Phi) is 14.0. The Morgan fingerprint density at radius 2 is 0.405 bits per heavy atom. The summed E-state index contributed by atoms with van der Waals surface area (Å²) in [4.78, 5) is 15.6. The molecule has 0 unspecified atom stereocenters. The number of para-hydroxylation sites is 2. The summed E-state index contributed by atoms with van der Waals surface area (Å²) in [7, 11) is 0. The van der Waals surface area contributed by atoms with Crippen LogP contribution in [0.4, 0.5) is 34.1 Å². The molecule has 0 spiro atoms. The van der Waals surface area contributed by atoms with Crippen LogP contribution in [-0.2, 0) is 0 Å². The molecule has 0 aliphatic heterocycles. The van der Waals surface area contributed by atoms with E-state index < -0.39 is 0 Å². The number of rotatable bonds is 14. The van der Waals surface area contributed by atoms with E-state index in [1.165, 1.54) is 11.1 Å². The molecule has 13 aromatic carbocycles. The first-order valence-electron chi connectivity index (χ1n) is 28.5. The van der Waals surface area contributed by atoms with Crippen LogP contribution in [0.3, 0.4) is 0 Å². The predicted molar refractivity (Wildman–Crippen MR) is 352 cm³/mol. The number of nitrogens with zero attached hydrogens (tertiary/aromatic N) is 4. The van der Waals surface area contributed by atoms with Gasteiger partial charge in [-0.1, -0.05) is 267 Å². The topological polar surface area (TPSA) is 32.3 Å². The van der Waals surface area contributed by atoms with E-state index in [4.69, 9.17) is 9.97 Å². The van der Waals surface area contributed by atoms with Crippen LogP contribution in [0.25, 0.3) is 100 Å². The highest BCUT2D eigenvalue weighted by Gasteiger charge is 2.23. The zero-order chi connectivity index (χ0) is 56.0. The molecule has 0 amide bonds. The summed E-state index contributed by atoms with van der Waals surface area (Å²) in [6.07, 6.45) is 0. The monoisotopic (exact) mass is 1070 g/mol. The normalized spacial score (nSPS) is 11.1. The van der Waals surface area contributed by atoms with Crippen molar-refractivity contribution in [2.45, 2.75) is 0 Å². The Hall–Kier alpha value is -11.2. The van der Waals surface area contributed by atoms with E-state index in [-0.39, 0.29) is 0 Å². The lowest BCUT2D eigenvalue weighted by molar-refractivity contribution is 1.26. The van der Waals surface area contributed by atoms with E-state index in [9.17, 15) is 0 Å². The zero-order valence-corrected chi connectivity index (χ0v) is 46.1. The lowest BCUT2D eigenvalue weighted by Crippen LogP contribution is -2.11. The van der Waals surface area contributed by atoms with Crippen molar-refractivity contribution in [2.24, 2.45) is 0 Å². The van der Waals surface area contributed by atoms with Crippen molar-refractivity contribution < 1.29 is 0 Å². The van der Waals surface area contributed by atoms with Crippen LogP contribution in [0, 0.1) is 0 Å². The highest BCUT2D eigenvalue weighted by molar-refractivity contribution is 5.95. The van der Waals surface area contributed by atoms with Crippen LogP contribution in [0.5, 0.6) is 0 Å². The molecule has 0 aliphatic rings. The average molecular weight is 1070 g/mol. The van der Waals surface area contributed by atoms with E-state index in [1.807, 2.05) is 24.3 Å². The number of fused-ring (bicyclic) bond motifs is 1. The summed E-state index contributed by atoms with van der Waals surface area (Å²) in [5.41, 5.74) is 25.2. The molecule has 0 aliphatic carbocycles. The van der Waals surface area contributed by atoms with Crippen molar-refractivity contribution in [2.75, 3.05) is 9.80 Å². The molecule has 0 saturated heterocycles. The van der Waals surface area contributed by atoms with Gasteiger partial charge in [0.2, 0.25) is 0 Å². The first-order valence-corrected chi connectivity index (χ1v) is 28.5. The first-order chi connectivity index (χ1) is 41.6. The summed E-state index contributed by atoms with van der Waals surface area (Å²) < 4.78 is 0. The molecular weight excluding hydrogens is 1020 g/mol. The van der Waals surface area contributed by atoms with Crippen LogP contribution in [0.2, 0.25) is 0 Å². The number of benzene rings is 13. The first kappa shape index (κ1) is 51.0. The Morgan fingerprint density at radius 3 is 0.702 bits per heavy atom. The standard InChI is InChI=1S/C80H56N4/c1-7-21-57(22-8-1)61-35-45-69(46-36-61)83(77-55-67(59-25-11-3-12-26-59)43-53-73(77)63-29-15-5-16-30-63)71-49-39-65(40-50-71)79-80(82-76-34-20-19-33-75(76)81-79)66-41-51-72(52-42-66)84(70-47-37-62(38-48-70)58-23-9-2-10-24-58)78-56-68(60-27-13-4-14-28-60)44-54-74(78)64-31-17-6-18-32-64/h1-56H. The second kappa shape index (κ2) is 23.1. The quantitative estimate of drug-likeness (QED) is 0.109. The maximum atomic E-state index is 5.43. The third-order valence-electron chi connectivity index (χ3n) is 15.7. The SMILES string of the molecule is c1ccc(-c2ccc(N(c3ccc(-c4nc5ccccc5nc4-c4ccc(N(c5ccc(-c6ccccc6)cc5)c5cc(-c6ccccc6)ccc5-c5ccccc5)cc4)cc3)c3cc(-c4ccccc4)ccc3-c3ccccc3)cc2)cc1. The van der Waals surface area contributed by atoms with E-state index >= 15 is 0 Å². The van der Waals surface area contributed by atoms with E-state index in [2.05, 4.69) is 325 Å². The Morgan fingerprint density at radius 1 is 0.179 bits per heavy atom. The van der Waals surface area contributed by atoms with Crippen LogP contribution in [0.15, 0.2) is 340 Å². The molecular formula is C80H56N4. The molecule has 0 N–H and O–H groups in total. The van der Waals surface area contributed by atoms with Gasteiger partial charge in [0.25, 0.3) is 0 Å². The van der Waals surface area contributed by atoms with Gasteiger partial charge in [-0.05, 0) is 128 Å². The largest absolute Gasteiger partial charge is 0.310 e. The van der Waals surface area contributed by atoms with Crippen molar-refractivity contribution in [3.05, 3.63) is 340 Å². The number of aromatic nitrogens is 2. The predicted octanol–water partition coefficient (Wildman–Crippen LogP) is 21.9. The maximum absolute atomic E-state index is 5.43. The smallest absolute Gasteiger partial charge is 0.0973 e. The minimum atomic E-state index is 0.804. The highest BCUT2D eigenvalue weighted by Crippen LogP contribution is 2.47. The van der Waals surface area contributed by atoms with Crippen LogP contribution in [-0.4, -0.2) is 9.97 Å². The van der Waals surface area contributed by atoms with Crippen molar-refractivity contribution in [1.82, 2.24) is 9.97 Å². The zero-order valence-electron chi connectivity index (χ0n) is 46.1. The summed E-state index contributed by atoms with van der Waals surface area (Å²) in [5.74, 6) is 0. The van der Waals surface area contributed by atoms with Gasteiger partial charge in [0.1, 0.15) is 0 Å². The highest BCUT2D eigenvalue weighted by atomic mass is 15.2. The molecule has 14 aromatic rings. The van der Waals surface area contributed by atoms with E-state index in [1.54, 1.807) is 0 Å². The van der Waals surface area contributed by atoms with Crippen molar-refractivity contribution in [3.8, 4) is 89.3 Å². The fourth-order valence-corrected chi connectivity index (χ4v) is 11.4. The number of hydrogen-bond acceptors (Lipinski definition) is 4. The third kappa shape index (κ3) is 10.4. The van der Waals surface area contributed by atoms with Gasteiger partial charge < -0.3 is 9.80 Å². The lowest BCUT2D eigenvalue weighted by atomic mass is 9.96. The van der Waals surface area contributed by atoms with Crippen LogP contribution < -0.4 is 9.80 Å². The Bertz CT molecular complexity index is 4220. The molecule has 1 heterocycles. The average Bonchev–Trinajstić information content (AvgIpc) is 3.26. The van der Waals surface area contributed by atoms with Crippen molar-refractivity contribution in [1.29, 1.82) is 0 Å². The molecule has 0 saturated carbocycles. The fraction of sp³-hybridized carbons (Fsp3) is 0. The van der Waals surface area contributed by atoms with Gasteiger partial charge in [0, 0.05) is 45.0 Å². The van der Waals surface area contributed by atoms with Gasteiger partial charge in [0.15, 0.2) is 0 Å². The van der Waals surface area contributed by atoms with Crippen molar-refractivity contribution >= 4 is 45.2 Å². The van der Waals surface area contributed by atoms with Crippen LogP contribution >= 0.6 is 0 Å². The molecule has 14 rings (SSSR count). The van der Waals surface area contributed by atoms with Gasteiger partial charge in [-0.3, -0.25) is 0 Å². The molecule has 396 valence electrons. The fourth-order valence-electron chi connectivity index (χ4n) is 11.4. The lowest BCUT2D eigenvalue weighted by Gasteiger charge is -2.29.